The first-order chi connectivity index (χ1) is 8.93. The van der Waals surface area contributed by atoms with Gasteiger partial charge >= 0.3 is 12.2 Å². The van der Waals surface area contributed by atoms with Gasteiger partial charge in [-0.2, -0.15) is 0 Å². The van der Waals surface area contributed by atoms with Crippen LogP contribution in [-0.2, 0) is 10.5 Å². The van der Waals surface area contributed by atoms with Gasteiger partial charge in [0.05, 0.1) is 12.2 Å². The van der Waals surface area contributed by atoms with Crippen LogP contribution in [0.3, 0.4) is 0 Å². The maximum absolute atomic E-state index is 13.3. The lowest BCUT2D eigenvalue weighted by Crippen LogP contribution is -2.53. The van der Waals surface area contributed by atoms with Crippen LogP contribution in [0.2, 0.25) is 0 Å². The van der Waals surface area contributed by atoms with E-state index in [1.165, 1.54) is 6.07 Å². The topological polar surface area (TPSA) is 111 Å². The Bertz CT molecular complexity index is 518. The van der Waals surface area contributed by atoms with E-state index in [2.05, 4.69) is 5.32 Å². The molecule has 19 heavy (non-hydrogen) atoms. The van der Waals surface area contributed by atoms with E-state index in [9.17, 15) is 14.0 Å². The second kappa shape index (κ2) is 4.63. The quantitative estimate of drug-likeness (QED) is 0.551. The monoisotopic (exact) mass is 270 g/mol. The molecule has 2 rings (SSSR count). The van der Waals surface area contributed by atoms with Crippen molar-refractivity contribution >= 4 is 12.2 Å². The lowest BCUT2D eigenvalue weighted by Gasteiger charge is -2.37. The molecule has 1 aliphatic heterocycles. The first kappa shape index (κ1) is 12.9. The van der Waals surface area contributed by atoms with Crippen LogP contribution < -0.4 is 15.8 Å². The highest BCUT2D eigenvalue weighted by Crippen LogP contribution is 2.38. The first-order valence-corrected chi connectivity index (χ1v) is 5.35. The first-order valence-electron chi connectivity index (χ1n) is 5.35. The van der Waals surface area contributed by atoms with Gasteiger partial charge in [-0.3, -0.25) is 5.32 Å². The highest BCUT2D eigenvalue weighted by atomic mass is 19.1. The minimum absolute atomic E-state index is 0.0152. The van der Waals surface area contributed by atoms with Gasteiger partial charge in [-0.15, -0.1) is 0 Å². The second-order valence-electron chi connectivity index (χ2n) is 3.92. The third-order valence-electron chi connectivity index (χ3n) is 2.68. The Kier molecular flexibility index (Phi) is 3.16. The molecule has 1 aromatic carbocycles. The van der Waals surface area contributed by atoms with Gasteiger partial charge in [0, 0.05) is 6.42 Å². The van der Waals surface area contributed by atoms with E-state index in [0.717, 1.165) is 12.1 Å². The summed E-state index contributed by atoms with van der Waals surface area (Å²) in [6.07, 6.45) is -1.63. The maximum atomic E-state index is 13.3. The SMILES string of the molecule is NC(=O)NC1(OC(=O)O)CCOc2ccc(F)cc21. The number of nitrogens with two attached hydrogens (primary N) is 1. The molecule has 0 saturated heterocycles. The summed E-state index contributed by atoms with van der Waals surface area (Å²) in [5, 5.41) is 11.0. The molecule has 0 radical (unpaired) electrons. The normalized spacial score (nSPS) is 20.9. The zero-order chi connectivity index (χ0) is 14.0. The Balaban J connectivity index is 2.52. The molecule has 8 heteroatoms. The molecule has 7 nitrogen and oxygen atoms in total. The Morgan fingerprint density at radius 1 is 1.53 bits per heavy atom. The number of carbonyl (C=O) groups is 2. The van der Waals surface area contributed by atoms with Crippen LogP contribution in [0.25, 0.3) is 0 Å². The zero-order valence-electron chi connectivity index (χ0n) is 9.68. The molecule has 1 aromatic rings. The molecule has 1 atom stereocenters. The number of hydrogen-bond donors (Lipinski definition) is 3. The molecule has 1 heterocycles. The molecule has 1 unspecified atom stereocenters. The van der Waals surface area contributed by atoms with E-state index >= 15 is 0 Å². The minimum Gasteiger partial charge on any atom is -0.493 e. The number of primary amides is 1. The van der Waals surface area contributed by atoms with Gasteiger partial charge < -0.3 is 20.3 Å². The van der Waals surface area contributed by atoms with E-state index in [1.807, 2.05) is 0 Å². The zero-order valence-corrected chi connectivity index (χ0v) is 9.68. The molecule has 4 N–H and O–H groups in total. The van der Waals surface area contributed by atoms with Gasteiger partial charge in [-0.05, 0) is 18.2 Å². The van der Waals surface area contributed by atoms with Crippen molar-refractivity contribution in [3.8, 4) is 5.75 Å². The fourth-order valence-corrected chi connectivity index (χ4v) is 1.99. The van der Waals surface area contributed by atoms with Crippen LogP contribution in [0.5, 0.6) is 5.75 Å². The van der Waals surface area contributed by atoms with Crippen LogP contribution >= 0.6 is 0 Å². The fraction of sp³-hybridized carbons (Fsp3) is 0.273. The average molecular weight is 270 g/mol. The average Bonchev–Trinajstić information content (AvgIpc) is 2.28. The number of nitrogens with one attached hydrogen (secondary N) is 1. The van der Waals surface area contributed by atoms with Crippen LogP contribution in [0.1, 0.15) is 12.0 Å². The van der Waals surface area contributed by atoms with Crippen molar-refractivity contribution < 1.29 is 28.6 Å². The molecule has 0 spiro atoms. The summed E-state index contributed by atoms with van der Waals surface area (Å²) >= 11 is 0. The van der Waals surface area contributed by atoms with Crippen LogP contribution in [0.15, 0.2) is 18.2 Å². The van der Waals surface area contributed by atoms with Crippen molar-refractivity contribution in [2.45, 2.75) is 12.1 Å². The standard InChI is InChI=1S/C11H11FN2O5/c12-6-1-2-8-7(5-6)11(3-4-18-8,14-9(13)15)19-10(16)17/h1-2,5H,3-4H2,(H,16,17)(H3,13,14,15). The van der Waals surface area contributed by atoms with Gasteiger partial charge in [0.25, 0.3) is 0 Å². The summed E-state index contributed by atoms with van der Waals surface area (Å²) in [6, 6.07) is 2.53. The van der Waals surface area contributed by atoms with Crippen molar-refractivity contribution in [3.05, 3.63) is 29.6 Å². The Morgan fingerprint density at radius 2 is 2.26 bits per heavy atom. The van der Waals surface area contributed by atoms with E-state index in [4.69, 9.17) is 20.3 Å². The molecule has 0 bridgehead atoms. The largest absolute Gasteiger partial charge is 0.508 e. The fourth-order valence-electron chi connectivity index (χ4n) is 1.99. The van der Waals surface area contributed by atoms with Crippen molar-refractivity contribution in [3.63, 3.8) is 0 Å². The molecule has 102 valence electrons. The number of ether oxygens (including phenoxy) is 2. The van der Waals surface area contributed by atoms with Crippen LogP contribution in [0, 0.1) is 5.82 Å². The van der Waals surface area contributed by atoms with Gasteiger partial charge in [0.2, 0.25) is 5.72 Å². The molecule has 2 amide bonds. The van der Waals surface area contributed by atoms with Crippen molar-refractivity contribution in [2.24, 2.45) is 5.73 Å². The lowest BCUT2D eigenvalue weighted by molar-refractivity contribution is -0.0596. The van der Waals surface area contributed by atoms with Crippen LogP contribution in [-0.4, -0.2) is 23.9 Å². The number of carboxylic acid groups (broad SMARTS) is 1. The smallest absolute Gasteiger partial charge is 0.493 e. The molecule has 0 saturated carbocycles. The van der Waals surface area contributed by atoms with Crippen molar-refractivity contribution in [1.29, 1.82) is 0 Å². The summed E-state index contributed by atoms with van der Waals surface area (Å²) in [5.41, 5.74) is 3.35. The molecule has 0 aromatic heterocycles. The highest BCUT2D eigenvalue weighted by molar-refractivity contribution is 5.73. The second-order valence-corrected chi connectivity index (χ2v) is 3.92. The van der Waals surface area contributed by atoms with E-state index < -0.39 is 23.7 Å². The van der Waals surface area contributed by atoms with Gasteiger partial charge in [-0.1, -0.05) is 0 Å². The van der Waals surface area contributed by atoms with Gasteiger partial charge in [0.1, 0.15) is 11.6 Å². The molecular weight excluding hydrogens is 259 g/mol. The number of fused-ring (bicyclic) bond motifs is 1. The van der Waals surface area contributed by atoms with Crippen LogP contribution in [0.4, 0.5) is 14.0 Å². The Morgan fingerprint density at radius 3 is 2.89 bits per heavy atom. The lowest BCUT2D eigenvalue weighted by atomic mass is 9.96. The molecular formula is C11H11FN2O5. The third kappa shape index (κ3) is 2.51. The molecule has 0 fully saturated rings. The van der Waals surface area contributed by atoms with E-state index in [1.54, 1.807) is 0 Å². The number of urea groups is 1. The number of carbonyl (C=O) groups excluding carboxylic acids is 1. The summed E-state index contributed by atoms with van der Waals surface area (Å²) < 4.78 is 23.3. The molecule has 1 aliphatic rings. The third-order valence-corrected chi connectivity index (χ3v) is 2.68. The predicted molar refractivity (Wildman–Crippen MR) is 60.0 cm³/mol. The summed E-state index contributed by atoms with van der Waals surface area (Å²) in [7, 11) is 0. The Labute approximate surface area is 107 Å². The number of rotatable bonds is 2. The van der Waals surface area contributed by atoms with E-state index in [-0.39, 0.29) is 24.3 Å². The minimum atomic E-state index is -1.74. The number of benzene rings is 1. The highest BCUT2D eigenvalue weighted by Gasteiger charge is 2.43. The predicted octanol–water partition coefficient (Wildman–Crippen LogP) is 1.12. The van der Waals surface area contributed by atoms with E-state index in [0.29, 0.717) is 0 Å². The Hall–Kier alpha value is -2.51. The number of hydrogen-bond acceptors (Lipinski definition) is 4. The van der Waals surface area contributed by atoms with Crippen molar-refractivity contribution in [1.82, 2.24) is 5.32 Å². The van der Waals surface area contributed by atoms with Gasteiger partial charge in [0.15, 0.2) is 0 Å². The number of halogens is 1. The number of amides is 2. The van der Waals surface area contributed by atoms with Crippen molar-refractivity contribution in [2.75, 3.05) is 6.61 Å². The van der Waals surface area contributed by atoms with Gasteiger partial charge in [-0.25, -0.2) is 14.0 Å². The summed E-state index contributed by atoms with van der Waals surface area (Å²) in [5.74, 6) is -0.392. The summed E-state index contributed by atoms with van der Waals surface area (Å²) in [4.78, 5) is 21.9. The maximum Gasteiger partial charge on any atom is 0.508 e. The summed E-state index contributed by atoms with van der Waals surface area (Å²) in [6.45, 7) is 0.0895. The molecule has 0 aliphatic carbocycles.